The Kier molecular flexibility index (Phi) is 3.94. The van der Waals surface area contributed by atoms with Crippen molar-refractivity contribution in [2.24, 2.45) is 0 Å². The van der Waals surface area contributed by atoms with Crippen LogP contribution >= 0.6 is 0 Å². The minimum absolute atomic E-state index is 0.0584. The lowest BCUT2D eigenvalue weighted by Gasteiger charge is -2.39. The van der Waals surface area contributed by atoms with Crippen LogP contribution in [-0.4, -0.2) is 50.6 Å². The minimum Gasteiger partial charge on any atom is -0.490 e. The minimum atomic E-state index is -1.03. The lowest BCUT2D eigenvalue weighted by Crippen LogP contribution is -2.52. The molecule has 2 aliphatic rings. The van der Waals surface area contributed by atoms with Crippen molar-refractivity contribution in [1.82, 2.24) is 14.5 Å². The SMILES string of the molecule is C[C@H]1Cc2cc(C(=O)N3CCC(C(=O)O)(n4ccnc4)CC3)ccc2O1. The van der Waals surface area contributed by atoms with E-state index in [2.05, 4.69) is 4.98 Å². The number of benzene rings is 1. The first kappa shape index (κ1) is 16.6. The van der Waals surface area contributed by atoms with Gasteiger partial charge >= 0.3 is 5.97 Å². The third-order valence-corrected chi connectivity index (χ3v) is 5.42. The molecule has 2 aromatic rings. The number of rotatable bonds is 3. The molecule has 0 saturated carbocycles. The summed E-state index contributed by atoms with van der Waals surface area (Å²) in [5.74, 6) is -0.0964. The molecule has 1 atom stereocenters. The van der Waals surface area contributed by atoms with Gasteiger partial charge in [0.1, 0.15) is 17.4 Å². The summed E-state index contributed by atoms with van der Waals surface area (Å²) in [6.45, 7) is 2.80. The summed E-state index contributed by atoms with van der Waals surface area (Å²) in [5, 5.41) is 9.77. The number of ether oxygens (including phenoxy) is 1. The number of aliphatic carboxylic acids is 1. The third-order valence-electron chi connectivity index (χ3n) is 5.42. The molecule has 0 radical (unpaired) electrons. The Morgan fingerprint density at radius 3 is 2.73 bits per heavy atom. The first-order chi connectivity index (χ1) is 12.5. The topological polar surface area (TPSA) is 84.7 Å². The number of piperidine rings is 1. The van der Waals surface area contributed by atoms with Crippen LogP contribution in [0.15, 0.2) is 36.9 Å². The number of carboxylic acids is 1. The first-order valence-electron chi connectivity index (χ1n) is 8.80. The maximum Gasteiger partial charge on any atom is 0.330 e. The monoisotopic (exact) mass is 355 g/mol. The smallest absolute Gasteiger partial charge is 0.330 e. The summed E-state index contributed by atoms with van der Waals surface area (Å²) in [5.41, 5.74) is 0.652. The highest BCUT2D eigenvalue weighted by molar-refractivity contribution is 5.95. The number of aromatic nitrogens is 2. The van der Waals surface area contributed by atoms with Gasteiger partial charge in [-0.2, -0.15) is 0 Å². The molecule has 0 bridgehead atoms. The number of carbonyl (C=O) groups excluding carboxylic acids is 1. The standard InChI is InChI=1S/C19H21N3O4/c1-13-10-15-11-14(2-3-16(15)26-13)17(23)21-7-4-19(5-8-21,18(24)25)22-9-6-20-12-22/h2-3,6,9,11-13H,4-5,7-8,10H2,1H3,(H,24,25)/t13-/m0/s1. The van der Waals surface area contributed by atoms with Crippen molar-refractivity contribution in [3.05, 3.63) is 48.0 Å². The van der Waals surface area contributed by atoms with Crippen molar-refractivity contribution >= 4 is 11.9 Å². The van der Waals surface area contributed by atoms with Crippen molar-refractivity contribution in [3.8, 4) is 5.75 Å². The van der Waals surface area contributed by atoms with Crippen LogP contribution in [0.3, 0.4) is 0 Å². The second-order valence-corrected chi connectivity index (χ2v) is 7.05. The van der Waals surface area contributed by atoms with Gasteiger partial charge in [-0.25, -0.2) is 9.78 Å². The molecule has 1 amide bonds. The lowest BCUT2D eigenvalue weighted by molar-refractivity contribution is -0.150. The molecule has 1 N–H and O–H groups in total. The largest absolute Gasteiger partial charge is 0.490 e. The van der Waals surface area contributed by atoms with Gasteiger partial charge in [-0.3, -0.25) is 4.79 Å². The van der Waals surface area contributed by atoms with Crippen LogP contribution < -0.4 is 4.74 Å². The predicted octanol–water partition coefficient (Wildman–Crippen LogP) is 1.92. The van der Waals surface area contributed by atoms with Gasteiger partial charge in [0.05, 0.1) is 6.33 Å². The molecule has 1 fully saturated rings. The lowest BCUT2D eigenvalue weighted by atomic mass is 9.87. The fourth-order valence-electron chi connectivity index (χ4n) is 3.91. The number of nitrogens with zero attached hydrogens (tertiary/aromatic N) is 3. The molecule has 0 aliphatic carbocycles. The van der Waals surface area contributed by atoms with E-state index < -0.39 is 11.5 Å². The van der Waals surface area contributed by atoms with E-state index in [9.17, 15) is 14.7 Å². The molecule has 0 spiro atoms. The van der Waals surface area contributed by atoms with E-state index in [1.165, 1.54) is 6.33 Å². The van der Waals surface area contributed by atoms with Gasteiger partial charge in [-0.15, -0.1) is 0 Å². The van der Waals surface area contributed by atoms with E-state index in [0.717, 1.165) is 17.7 Å². The van der Waals surface area contributed by atoms with Gasteiger partial charge in [0.25, 0.3) is 5.91 Å². The second kappa shape index (κ2) is 6.16. The molecule has 7 heteroatoms. The molecule has 4 rings (SSSR count). The summed E-state index contributed by atoms with van der Waals surface area (Å²) < 4.78 is 7.33. The first-order valence-corrected chi connectivity index (χ1v) is 8.80. The molecule has 26 heavy (non-hydrogen) atoms. The normalized spacial score (nSPS) is 21.1. The average molecular weight is 355 g/mol. The Bertz CT molecular complexity index is 838. The Balaban J connectivity index is 1.50. The van der Waals surface area contributed by atoms with Crippen LogP contribution in [0.25, 0.3) is 0 Å². The summed E-state index contributed by atoms with van der Waals surface area (Å²) in [7, 11) is 0. The van der Waals surface area contributed by atoms with Crippen LogP contribution in [0.1, 0.15) is 35.7 Å². The number of fused-ring (bicyclic) bond motifs is 1. The number of hydrogen-bond acceptors (Lipinski definition) is 4. The Labute approximate surface area is 151 Å². The molecular weight excluding hydrogens is 334 g/mol. The average Bonchev–Trinajstić information content (AvgIpc) is 3.29. The molecule has 7 nitrogen and oxygen atoms in total. The fourth-order valence-corrected chi connectivity index (χ4v) is 3.91. The second-order valence-electron chi connectivity index (χ2n) is 7.05. The zero-order chi connectivity index (χ0) is 18.3. The molecule has 1 saturated heterocycles. The summed E-state index contributed by atoms with van der Waals surface area (Å²) in [6.07, 6.45) is 6.44. The van der Waals surface area contributed by atoms with E-state index >= 15 is 0 Å². The summed E-state index contributed by atoms with van der Waals surface area (Å²) >= 11 is 0. The van der Waals surface area contributed by atoms with Crippen LogP contribution in [0.4, 0.5) is 0 Å². The Morgan fingerprint density at radius 2 is 2.08 bits per heavy atom. The van der Waals surface area contributed by atoms with E-state index in [-0.39, 0.29) is 12.0 Å². The van der Waals surface area contributed by atoms with Crippen LogP contribution in [0, 0.1) is 0 Å². The summed E-state index contributed by atoms with van der Waals surface area (Å²) in [6, 6.07) is 5.53. The number of carboxylic acid groups (broad SMARTS) is 1. The molecule has 3 heterocycles. The van der Waals surface area contributed by atoms with E-state index in [0.29, 0.717) is 31.5 Å². The van der Waals surface area contributed by atoms with E-state index in [1.54, 1.807) is 27.9 Å². The molecule has 2 aliphatic heterocycles. The quantitative estimate of drug-likeness (QED) is 0.909. The van der Waals surface area contributed by atoms with E-state index in [1.807, 2.05) is 19.1 Å². The highest BCUT2D eigenvalue weighted by Crippen LogP contribution is 2.33. The van der Waals surface area contributed by atoms with Gasteiger partial charge in [0.15, 0.2) is 0 Å². The number of likely N-dealkylation sites (tertiary alicyclic amines) is 1. The fraction of sp³-hybridized carbons (Fsp3) is 0.421. The van der Waals surface area contributed by atoms with Gasteiger partial charge < -0.3 is 19.3 Å². The van der Waals surface area contributed by atoms with Gasteiger partial charge in [-0.05, 0) is 43.5 Å². The van der Waals surface area contributed by atoms with Crippen LogP contribution in [0.2, 0.25) is 0 Å². The molecule has 136 valence electrons. The Hall–Kier alpha value is -2.83. The van der Waals surface area contributed by atoms with Crippen molar-refractivity contribution in [1.29, 1.82) is 0 Å². The van der Waals surface area contributed by atoms with Crippen LogP contribution in [-0.2, 0) is 16.8 Å². The maximum absolute atomic E-state index is 12.9. The van der Waals surface area contributed by atoms with Crippen LogP contribution in [0.5, 0.6) is 5.75 Å². The number of hydrogen-bond donors (Lipinski definition) is 1. The van der Waals surface area contributed by atoms with Crippen molar-refractivity contribution in [2.75, 3.05) is 13.1 Å². The van der Waals surface area contributed by atoms with Crippen molar-refractivity contribution < 1.29 is 19.4 Å². The molecular formula is C19H21N3O4. The highest BCUT2D eigenvalue weighted by Gasteiger charge is 2.44. The zero-order valence-electron chi connectivity index (χ0n) is 14.6. The highest BCUT2D eigenvalue weighted by atomic mass is 16.5. The van der Waals surface area contributed by atoms with Gasteiger partial charge in [0.2, 0.25) is 0 Å². The molecule has 0 unspecified atom stereocenters. The molecule has 1 aromatic carbocycles. The van der Waals surface area contributed by atoms with Crippen molar-refractivity contribution in [2.45, 2.75) is 37.8 Å². The predicted molar refractivity (Wildman–Crippen MR) is 93.2 cm³/mol. The van der Waals surface area contributed by atoms with E-state index in [4.69, 9.17) is 4.74 Å². The van der Waals surface area contributed by atoms with Gasteiger partial charge in [-0.1, -0.05) is 0 Å². The maximum atomic E-state index is 12.9. The van der Waals surface area contributed by atoms with Gasteiger partial charge in [0, 0.05) is 37.5 Å². The third kappa shape index (κ3) is 2.64. The number of imidazole rings is 1. The molecule has 1 aromatic heterocycles. The number of amides is 1. The Morgan fingerprint density at radius 1 is 1.31 bits per heavy atom. The zero-order valence-corrected chi connectivity index (χ0v) is 14.6. The number of carbonyl (C=O) groups is 2. The summed E-state index contributed by atoms with van der Waals surface area (Å²) in [4.78, 5) is 30.5. The van der Waals surface area contributed by atoms with Crippen molar-refractivity contribution in [3.63, 3.8) is 0 Å².